The number of aliphatic hydroxyl groups is 1. The molecule has 1 N–H and O–H groups in total. The topological polar surface area (TPSA) is 73.7 Å². The molecule has 3 atom stereocenters. The number of rotatable bonds is 4. The number of hydrogen-bond acceptors (Lipinski definition) is 4. The molecule has 0 aliphatic carbocycles. The average Bonchev–Trinajstić information content (AvgIpc) is 2.81. The predicted molar refractivity (Wildman–Crippen MR) is 116 cm³/mol. The van der Waals surface area contributed by atoms with Gasteiger partial charge in [-0.2, -0.15) is 0 Å². The molecule has 2 aromatic carbocycles. The zero-order valence-corrected chi connectivity index (χ0v) is 17.0. The van der Waals surface area contributed by atoms with Crippen molar-refractivity contribution >= 4 is 11.8 Å². The van der Waals surface area contributed by atoms with Gasteiger partial charge >= 0.3 is 0 Å². The highest BCUT2D eigenvalue weighted by molar-refractivity contribution is 5.97. The van der Waals surface area contributed by atoms with Gasteiger partial charge in [-0.1, -0.05) is 54.6 Å². The van der Waals surface area contributed by atoms with Crippen molar-refractivity contribution in [1.29, 1.82) is 0 Å². The van der Waals surface area contributed by atoms with Crippen LogP contribution in [0.25, 0.3) is 11.1 Å². The SMILES string of the molecule is O=C(c1ccncc1)N1CC(=O)N2[C@H](CO)[C@@H](c3ccc(-c4ccccc4)cc3)[C@H]2C1. The number of hydrogen-bond donors (Lipinski definition) is 1. The van der Waals surface area contributed by atoms with Gasteiger partial charge in [0.05, 0.1) is 18.7 Å². The van der Waals surface area contributed by atoms with E-state index in [1.54, 1.807) is 34.3 Å². The normalized spacial score (nSPS) is 22.6. The molecule has 0 unspecified atom stereocenters. The van der Waals surface area contributed by atoms with E-state index in [1.165, 1.54) is 0 Å². The summed E-state index contributed by atoms with van der Waals surface area (Å²) in [6, 6.07) is 21.4. The fraction of sp³-hybridized carbons (Fsp3) is 0.240. The Bertz CT molecular complexity index is 1090. The summed E-state index contributed by atoms with van der Waals surface area (Å²) in [4.78, 5) is 33.0. The summed E-state index contributed by atoms with van der Waals surface area (Å²) < 4.78 is 0. The van der Waals surface area contributed by atoms with Crippen molar-refractivity contribution in [1.82, 2.24) is 14.8 Å². The van der Waals surface area contributed by atoms with Crippen LogP contribution >= 0.6 is 0 Å². The molecule has 0 spiro atoms. The fourth-order valence-electron chi connectivity index (χ4n) is 4.86. The Morgan fingerprint density at radius 2 is 1.65 bits per heavy atom. The summed E-state index contributed by atoms with van der Waals surface area (Å²) in [7, 11) is 0. The van der Waals surface area contributed by atoms with E-state index < -0.39 is 0 Å². The molecule has 6 nitrogen and oxygen atoms in total. The number of nitrogens with zero attached hydrogens (tertiary/aromatic N) is 3. The van der Waals surface area contributed by atoms with E-state index in [0.717, 1.165) is 16.7 Å². The fourth-order valence-corrected chi connectivity index (χ4v) is 4.86. The first-order valence-electron chi connectivity index (χ1n) is 10.4. The minimum atomic E-state index is -0.252. The lowest BCUT2D eigenvalue weighted by molar-refractivity contribution is -0.159. The second-order valence-electron chi connectivity index (χ2n) is 8.05. The molecule has 0 bridgehead atoms. The number of benzene rings is 2. The lowest BCUT2D eigenvalue weighted by Crippen LogP contribution is -2.73. The van der Waals surface area contributed by atoms with E-state index in [1.807, 2.05) is 18.2 Å². The summed E-state index contributed by atoms with van der Waals surface area (Å²) in [5.74, 6) is -0.289. The van der Waals surface area contributed by atoms with Gasteiger partial charge in [0.25, 0.3) is 5.91 Å². The van der Waals surface area contributed by atoms with Crippen molar-refractivity contribution in [2.45, 2.75) is 18.0 Å². The molecule has 3 heterocycles. The van der Waals surface area contributed by atoms with Crippen LogP contribution in [0.5, 0.6) is 0 Å². The summed E-state index contributed by atoms with van der Waals surface area (Å²) in [5.41, 5.74) is 3.87. The van der Waals surface area contributed by atoms with Crippen molar-refractivity contribution in [2.75, 3.05) is 19.7 Å². The summed E-state index contributed by atoms with van der Waals surface area (Å²) in [5, 5.41) is 9.98. The van der Waals surface area contributed by atoms with Gasteiger partial charge in [0.15, 0.2) is 0 Å². The Morgan fingerprint density at radius 1 is 0.968 bits per heavy atom. The Morgan fingerprint density at radius 3 is 2.32 bits per heavy atom. The van der Waals surface area contributed by atoms with E-state index >= 15 is 0 Å². The highest BCUT2D eigenvalue weighted by atomic mass is 16.3. The van der Waals surface area contributed by atoms with Crippen molar-refractivity contribution in [2.24, 2.45) is 0 Å². The van der Waals surface area contributed by atoms with Gasteiger partial charge < -0.3 is 14.9 Å². The molecule has 31 heavy (non-hydrogen) atoms. The maximum absolute atomic E-state index is 12.9. The predicted octanol–water partition coefficient (Wildman–Crippen LogP) is 2.56. The maximum atomic E-state index is 12.9. The van der Waals surface area contributed by atoms with Crippen LogP contribution in [0.2, 0.25) is 0 Å². The van der Waals surface area contributed by atoms with Crippen LogP contribution < -0.4 is 0 Å². The minimum Gasteiger partial charge on any atom is -0.394 e. The molecule has 3 aromatic rings. The maximum Gasteiger partial charge on any atom is 0.254 e. The number of aromatic nitrogens is 1. The Labute approximate surface area is 180 Å². The van der Waals surface area contributed by atoms with E-state index in [2.05, 4.69) is 41.4 Å². The van der Waals surface area contributed by atoms with Crippen LogP contribution in [0.1, 0.15) is 21.8 Å². The van der Waals surface area contributed by atoms with Gasteiger partial charge in [-0.15, -0.1) is 0 Å². The van der Waals surface area contributed by atoms with Crippen LogP contribution in [0.4, 0.5) is 0 Å². The number of pyridine rings is 1. The molecular formula is C25H23N3O3. The number of carbonyl (C=O) groups is 2. The van der Waals surface area contributed by atoms with E-state index in [0.29, 0.717) is 12.1 Å². The highest BCUT2D eigenvalue weighted by Crippen LogP contribution is 2.43. The lowest BCUT2D eigenvalue weighted by Gasteiger charge is -2.58. The van der Waals surface area contributed by atoms with Gasteiger partial charge in [0.1, 0.15) is 6.54 Å². The molecule has 1 aromatic heterocycles. The van der Waals surface area contributed by atoms with Crippen molar-refractivity contribution in [3.05, 3.63) is 90.3 Å². The molecule has 2 saturated heterocycles. The van der Waals surface area contributed by atoms with Crippen LogP contribution in [0.15, 0.2) is 79.1 Å². The molecule has 5 rings (SSSR count). The van der Waals surface area contributed by atoms with Crippen molar-refractivity contribution < 1.29 is 14.7 Å². The first kappa shape index (κ1) is 19.5. The van der Waals surface area contributed by atoms with Gasteiger partial charge in [-0.25, -0.2) is 0 Å². The molecule has 0 radical (unpaired) electrons. The van der Waals surface area contributed by atoms with Crippen LogP contribution in [0.3, 0.4) is 0 Å². The van der Waals surface area contributed by atoms with Gasteiger partial charge in [-0.3, -0.25) is 14.6 Å². The molecule has 2 aliphatic heterocycles. The molecule has 2 fully saturated rings. The second-order valence-corrected chi connectivity index (χ2v) is 8.05. The highest BCUT2D eigenvalue weighted by Gasteiger charge is 2.54. The summed E-state index contributed by atoms with van der Waals surface area (Å²) >= 11 is 0. The Kier molecular flexibility index (Phi) is 5.00. The van der Waals surface area contributed by atoms with Gasteiger partial charge in [-0.05, 0) is 28.8 Å². The third kappa shape index (κ3) is 3.39. The van der Waals surface area contributed by atoms with E-state index in [4.69, 9.17) is 0 Å². The number of fused-ring (bicyclic) bond motifs is 1. The molecule has 2 amide bonds. The average molecular weight is 413 g/mol. The summed E-state index contributed by atoms with van der Waals surface area (Å²) in [6.45, 7) is 0.397. The molecule has 2 aliphatic rings. The molecule has 6 heteroatoms. The quantitative estimate of drug-likeness (QED) is 0.714. The first-order valence-corrected chi connectivity index (χ1v) is 10.4. The lowest BCUT2D eigenvalue weighted by atomic mass is 9.73. The Hall–Kier alpha value is -3.51. The summed E-state index contributed by atoms with van der Waals surface area (Å²) in [6.07, 6.45) is 3.15. The molecular weight excluding hydrogens is 390 g/mol. The van der Waals surface area contributed by atoms with Crippen molar-refractivity contribution in [3.63, 3.8) is 0 Å². The smallest absolute Gasteiger partial charge is 0.254 e. The third-order valence-corrected chi connectivity index (χ3v) is 6.37. The number of amides is 2. The van der Waals surface area contributed by atoms with Crippen LogP contribution in [-0.2, 0) is 4.79 Å². The van der Waals surface area contributed by atoms with Gasteiger partial charge in [0, 0.05) is 30.4 Å². The van der Waals surface area contributed by atoms with Crippen LogP contribution in [-0.4, -0.2) is 63.5 Å². The number of carbonyl (C=O) groups excluding carboxylic acids is 2. The standard InChI is InChI=1S/C25H23N3O3/c29-16-22-24(19-8-6-18(7-9-19)17-4-2-1-3-5-17)21-14-27(15-23(30)28(21)22)25(31)20-10-12-26-13-11-20/h1-13,21-22,24,29H,14-16H2/t21-,22-,24+/m1/s1. The first-order chi connectivity index (χ1) is 15.2. The zero-order valence-electron chi connectivity index (χ0n) is 17.0. The number of aliphatic hydroxyl groups excluding tert-OH is 1. The molecule has 156 valence electrons. The van der Waals surface area contributed by atoms with Gasteiger partial charge in [0.2, 0.25) is 5.91 Å². The minimum absolute atomic E-state index is 0.00758. The largest absolute Gasteiger partial charge is 0.394 e. The third-order valence-electron chi connectivity index (χ3n) is 6.37. The monoisotopic (exact) mass is 413 g/mol. The number of piperazine rings is 1. The van der Waals surface area contributed by atoms with E-state index in [9.17, 15) is 14.7 Å². The Balaban J connectivity index is 1.39. The van der Waals surface area contributed by atoms with Crippen molar-refractivity contribution in [3.8, 4) is 11.1 Å². The van der Waals surface area contributed by atoms with E-state index in [-0.39, 0.29) is 43.0 Å². The second kappa shape index (κ2) is 7.96. The zero-order chi connectivity index (χ0) is 21.4. The van der Waals surface area contributed by atoms with Crippen LogP contribution in [0, 0.1) is 0 Å². The molecule has 0 saturated carbocycles.